The molecule has 0 rings (SSSR count). The van der Waals surface area contributed by atoms with Crippen LogP contribution in [0.1, 0.15) is 83.1 Å². The Kier molecular flexibility index (Phi) is 13.3. The summed E-state index contributed by atoms with van der Waals surface area (Å²) in [6.07, 6.45) is 2.67. The number of carbonyl (C=O) groups is 2. The molecule has 0 aromatic rings. The summed E-state index contributed by atoms with van der Waals surface area (Å²) in [5.74, 6) is 0.208. The van der Waals surface area contributed by atoms with Crippen molar-refractivity contribution >= 4 is 11.6 Å². The number of rotatable bonds is 2. The minimum atomic E-state index is -0.417. The van der Waals surface area contributed by atoms with Gasteiger partial charge in [-0.3, -0.25) is 9.59 Å². The van der Waals surface area contributed by atoms with Crippen molar-refractivity contribution in [3.63, 3.8) is 0 Å². The second-order valence-corrected chi connectivity index (χ2v) is 10.8. The molecular weight excluding hydrogens is 392 g/mol. The molecular formula is C22H40O5Ti. The van der Waals surface area contributed by atoms with Gasteiger partial charge in [-0.05, 0) is 0 Å². The van der Waals surface area contributed by atoms with Gasteiger partial charge in [-0.2, -0.15) is 0 Å². The molecule has 0 amide bonds. The van der Waals surface area contributed by atoms with E-state index in [0.717, 1.165) is 20.4 Å². The predicted molar refractivity (Wildman–Crippen MR) is 110 cm³/mol. The number of hydrogen-bond donors (Lipinski definition) is 2. The van der Waals surface area contributed by atoms with Gasteiger partial charge in [0.2, 0.25) is 0 Å². The monoisotopic (exact) mass is 432 g/mol. The van der Waals surface area contributed by atoms with E-state index in [9.17, 15) is 19.8 Å². The molecule has 0 aliphatic heterocycles. The zero-order valence-corrected chi connectivity index (χ0v) is 21.3. The summed E-state index contributed by atoms with van der Waals surface area (Å²) in [7, 11) is 0. The summed E-state index contributed by atoms with van der Waals surface area (Å²) in [6.45, 7) is 22.2. The zero-order valence-electron chi connectivity index (χ0n) is 19.8. The van der Waals surface area contributed by atoms with Gasteiger partial charge in [-0.1, -0.05) is 83.1 Å². The third kappa shape index (κ3) is 14.9. The molecule has 0 atom stereocenters. The number of allylic oxidation sites excluding steroid dienone is 4. The van der Waals surface area contributed by atoms with Crippen LogP contribution in [0.2, 0.25) is 0 Å². The Hall–Kier alpha value is -1.07. The normalized spacial score (nSPS) is 13.5. The summed E-state index contributed by atoms with van der Waals surface area (Å²) in [5.41, 5.74) is -1.53. The fraction of sp³-hybridized carbons (Fsp3) is 0.727. The molecule has 0 aromatic heterocycles. The summed E-state index contributed by atoms with van der Waals surface area (Å²) in [5, 5.41) is 19.1. The van der Waals surface area contributed by atoms with Gasteiger partial charge in [0, 0.05) is 33.8 Å². The summed E-state index contributed by atoms with van der Waals surface area (Å²) in [6, 6.07) is 0. The zero-order chi connectivity index (χ0) is 23.7. The van der Waals surface area contributed by atoms with Crippen molar-refractivity contribution in [3.8, 4) is 0 Å². The molecule has 0 saturated heterocycles. The van der Waals surface area contributed by atoms with Gasteiger partial charge < -0.3 is 10.2 Å². The van der Waals surface area contributed by atoms with E-state index in [1.807, 2.05) is 83.1 Å². The number of ketones is 2. The number of aliphatic hydroxyl groups excluding tert-OH is 2. The van der Waals surface area contributed by atoms with Gasteiger partial charge >= 0.3 is 23.7 Å². The van der Waals surface area contributed by atoms with Crippen LogP contribution in [0.25, 0.3) is 0 Å². The van der Waals surface area contributed by atoms with Crippen LogP contribution >= 0.6 is 0 Å². The van der Waals surface area contributed by atoms with Crippen molar-refractivity contribution in [2.24, 2.45) is 21.7 Å². The van der Waals surface area contributed by atoms with E-state index in [1.165, 1.54) is 12.2 Å². The van der Waals surface area contributed by atoms with Gasteiger partial charge in [0.05, 0.1) is 0 Å². The Morgan fingerprint density at radius 2 is 0.714 bits per heavy atom. The third-order valence-corrected chi connectivity index (χ3v) is 3.55. The summed E-state index contributed by atoms with van der Waals surface area (Å²) >= 11 is 0.750. The standard InChI is InChI=1S/2C11H20O2.O.Ti/c2*1-10(2,3)8(12)7-9(13)11(4,5)6;;/h2*7,12H,1-6H3;;. The molecule has 162 valence electrons. The molecule has 0 radical (unpaired) electrons. The van der Waals surface area contributed by atoms with Crippen LogP contribution in [0.15, 0.2) is 23.7 Å². The SMILES string of the molecule is CC(C)(C)C(=O)C=C(O)C(C)(C)C.CC(C)(C)C(=O)C=C(O)C(C)(C)C.[O]=[Ti]. The first-order valence-electron chi connectivity index (χ1n) is 9.21. The van der Waals surface area contributed by atoms with Crippen molar-refractivity contribution in [2.75, 3.05) is 0 Å². The molecule has 0 aliphatic carbocycles. The van der Waals surface area contributed by atoms with E-state index in [0.29, 0.717) is 0 Å². The van der Waals surface area contributed by atoms with E-state index in [-0.39, 0.29) is 33.9 Å². The summed E-state index contributed by atoms with van der Waals surface area (Å²) in [4.78, 5) is 23.0. The van der Waals surface area contributed by atoms with Crippen molar-refractivity contribution in [1.82, 2.24) is 0 Å². The first-order chi connectivity index (χ1) is 12.1. The average molecular weight is 432 g/mol. The average Bonchev–Trinajstić information content (AvgIpc) is 2.45. The van der Waals surface area contributed by atoms with Crippen LogP contribution in [0, 0.1) is 21.7 Å². The van der Waals surface area contributed by atoms with E-state index >= 15 is 0 Å². The fourth-order valence-corrected chi connectivity index (χ4v) is 1.11. The number of carbonyl (C=O) groups excluding carboxylic acids is 2. The maximum atomic E-state index is 11.5. The Bertz CT molecular complexity index is 522. The predicted octanol–water partition coefficient (Wildman–Crippen LogP) is 6.06. The topological polar surface area (TPSA) is 91.7 Å². The Labute approximate surface area is 183 Å². The molecule has 0 bridgehead atoms. The van der Waals surface area contributed by atoms with Crippen LogP contribution in [-0.4, -0.2) is 21.8 Å². The van der Waals surface area contributed by atoms with Gasteiger partial charge in [-0.15, -0.1) is 0 Å². The molecule has 0 fully saturated rings. The molecule has 0 heterocycles. The Morgan fingerprint density at radius 3 is 0.821 bits per heavy atom. The van der Waals surface area contributed by atoms with Crippen LogP contribution in [0.5, 0.6) is 0 Å². The van der Waals surface area contributed by atoms with Crippen molar-refractivity contribution in [2.45, 2.75) is 83.1 Å². The quantitative estimate of drug-likeness (QED) is 0.314. The van der Waals surface area contributed by atoms with Crippen molar-refractivity contribution in [1.29, 1.82) is 0 Å². The molecule has 5 nitrogen and oxygen atoms in total. The van der Waals surface area contributed by atoms with Crippen molar-refractivity contribution in [3.05, 3.63) is 23.7 Å². The first kappa shape index (κ1) is 31.6. The van der Waals surface area contributed by atoms with E-state index < -0.39 is 10.8 Å². The molecule has 28 heavy (non-hydrogen) atoms. The van der Waals surface area contributed by atoms with Gasteiger partial charge in [-0.25, -0.2) is 0 Å². The minimum absolute atomic E-state index is 0.0417. The third-order valence-electron chi connectivity index (χ3n) is 3.55. The van der Waals surface area contributed by atoms with Crippen LogP contribution < -0.4 is 0 Å². The fourth-order valence-electron chi connectivity index (χ4n) is 1.11. The van der Waals surface area contributed by atoms with Crippen LogP contribution in [0.4, 0.5) is 0 Å². The van der Waals surface area contributed by atoms with Gasteiger partial charge in [0.25, 0.3) is 0 Å². The number of aliphatic hydroxyl groups is 2. The number of hydrogen-bond acceptors (Lipinski definition) is 5. The van der Waals surface area contributed by atoms with Gasteiger partial charge in [0.1, 0.15) is 11.5 Å². The van der Waals surface area contributed by atoms with Crippen LogP contribution in [-0.2, 0) is 33.3 Å². The van der Waals surface area contributed by atoms with Crippen LogP contribution in [0.3, 0.4) is 0 Å². The van der Waals surface area contributed by atoms with E-state index in [2.05, 4.69) is 0 Å². The van der Waals surface area contributed by atoms with E-state index in [1.54, 1.807) is 0 Å². The maximum absolute atomic E-state index is 11.5. The molecule has 0 aromatic carbocycles. The van der Waals surface area contributed by atoms with E-state index in [4.69, 9.17) is 3.32 Å². The molecule has 6 heteroatoms. The molecule has 2 N–H and O–H groups in total. The van der Waals surface area contributed by atoms with Gasteiger partial charge in [0.15, 0.2) is 11.6 Å². The molecule has 0 spiro atoms. The second-order valence-electron chi connectivity index (χ2n) is 10.8. The van der Waals surface area contributed by atoms with Crippen molar-refractivity contribution < 1.29 is 43.5 Å². The first-order valence-corrected chi connectivity index (χ1v) is 9.85. The molecule has 0 saturated carbocycles. The molecule has 0 aliphatic rings. The summed E-state index contributed by atoms with van der Waals surface area (Å²) < 4.78 is 8.25. The Morgan fingerprint density at radius 1 is 0.536 bits per heavy atom. The molecule has 0 unspecified atom stereocenters. The second kappa shape index (κ2) is 11.8. The Balaban J connectivity index is -0.000000410.